The molecule has 0 bridgehead atoms. The van der Waals surface area contributed by atoms with E-state index < -0.39 is 117 Å². The maximum Gasteiger partial charge on any atom is 0.331 e. The highest BCUT2D eigenvalue weighted by Crippen LogP contribution is 2.61. The minimum Gasteiger partial charge on any atom is -0.497 e. The van der Waals surface area contributed by atoms with Gasteiger partial charge in [0.2, 0.25) is 6.29 Å². The Morgan fingerprint density at radius 2 is 1.64 bits per heavy atom. The molecule has 16 atom stereocenters. The van der Waals surface area contributed by atoms with Crippen molar-refractivity contribution in [1.82, 2.24) is 0 Å². The van der Waals surface area contributed by atoms with E-state index in [2.05, 4.69) is 0 Å². The molecule has 7 N–H and O–H groups in total. The number of aliphatic hydroxyl groups is 7. The molecule has 1 aromatic carbocycles. The number of methoxy groups -OCH3 is 1. The number of rotatable bonds is 10. The molecule has 0 spiro atoms. The van der Waals surface area contributed by atoms with Gasteiger partial charge >= 0.3 is 5.97 Å². The molecule has 6 rings (SSSR count). The fourth-order valence-electron chi connectivity index (χ4n) is 6.76. The van der Waals surface area contributed by atoms with Crippen molar-refractivity contribution in [2.24, 2.45) is 11.8 Å². The lowest BCUT2D eigenvalue weighted by Gasteiger charge is -2.44. The molecule has 260 valence electrons. The second-order valence-corrected chi connectivity index (χ2v) is 12.2. The first-order chi connectivity index (χ1) is 22.5. The first kappa shape index (κ1) is 34.2. The van der Waals surface area contributed by atoms with E-state index >= 15 is 0 Å². The summed E-state index contributed by atoms with van der Waals surface area (Å²) < 4.78 is 45.9. The second kappa shape index (κ2) is 13.7. The minimum atomic E-state index is -1.70. The quantitative estimate of drug-likeness (QED) is 0.0777. The number of esters is 1. The van der Waals surface area contributed by atoms with Gasteiger partial charge in [-0.3, -0.25) is 0 Å². The van der Waals surface area contributed by atoms with Gasteiger partial charge in [-0.15, -0.1) is 0 Å². The number of benzene rings is 1. The Morgan fingerprint density at radius 3 is 2.32 bits per heavy atom. The molecule has 47 heavy (non-hydrogen) atoms. The third-order valence-electron chi connectivity index (χ3n) is 9.45. The zero-order chi connectivity index (χ0) is 33.6. The lowest BCUT2D eigenvalue weighted by molar-refractivity contribution is -0.347. The molecule has 4 aliphatic heterocycles. The summed E-state index contributed by atoms with van der Waals surface area (Å²) in [5.74, 6) is -1.52. The molecule has 4 heterocycles. The molecule has 3 unspecified atom stereocenters. The van der Waals surface area contributed by atoms with E-state index in [0.29, 0.717) is 11.3 Å². The van der Waals surface area contributed by atoms with Crippen molar-refractivity contribution in [2.75, 3.05) is 20.3 Å². The van der Waals surface area contributed by atoms with Crippen LogP contribution in [0.1, 0.15) is 12.5 Å². The molecule has 1 aromatic rings. The number of carbonyl (C=O) groups is 1. The molecule has 1 aliphatic carbocycles. The molecule has 4 fully saturated rings. The molecule has 16 heteroatoms. The summed E-state index contributed by atoms with van der Waals surface area (Å²) in [4.78, 5) is 12.8. The summed E-state index contributed by atoms with van der Waals surface area (Å²) in [5.41, 5.74) is -0.551. The highest BCUT2D eigenvalue weighted by molar-refractivity contribution is 5.87. The predicted octanol–water partition coefficient (Wildman–Crippen LogP) is -2.47. The monoisotopic (exact) mass is 668 g/mol. The standard InChI is InChI=1S/C31H40O16/c1-13-20(35)23(38)26(44-18(34)8-5-14-3-6-15(40-2)7-4-14)30(42-13)45-25-16-9-10-41-28(19(16)31(12-33)27(25)47-31)46-29-24(39)22(37)21(36)17(11-32)43-29/h3-10,13,16-17,19-30,32-33,35-39H,11-12H2,1-2H3/b8-5+/t13-,16+,17+,19+,20-,21+,22-,23+,24+,25?,26+,27?,28?,29-,30-,31+/m0/s1. The van der Waals surface area contributed by atoms with Crippen LogP contribution in [0, 0.1) is 11.8 Å². The van der Waals surface area contributed by atoms with Crippen LogP contribution in [0.4, 0.5) is 0 Å². The summed E-state index contributed by atoms with van der Waals surface area (Å²) in [6, 6.07) is 6.90. The number of hydrogen-bond acceptors (Lipinski definition) is 16. The Morgan fingerprint density at radius 1 is 0.894 bits per heavy atom. The largest absolute Gasteiger partial charge is 0.497 e. The molecule has 0 aromatic heterocycles. The van der Waals surface area contributed by atoms with E-state index in [9.17, 15) is 40.5 Å². The lowest BCUT2D eigenvalue weighted by atomic mass is 9.85. The van der Waals surface area contributed by atoms with Gasteiger partial charge in [0.15, 0.2) is 18.7 Å². The van der Waals surface area contributed by atoms with Crippen molar-refractivity contribution in [3.05, 3.63) is 48.2 Å². The van der Waals surface area contributed by atoms with Crippen LogP contribution in [0.5, 0.6) is 5.75 Å². The van der Waals surface area contributed by atoms with Crippen LogP contribution in [0.3, 0.4) is 0 Å². The van der Waals surface area contributed by atoms with Crippen LogP contribution in [0.15, 0.2) is 42.7 Å². The van der Waals surface area contributed by atoms with E-state index in [1.54, 1.807) is 30.3 Å². The van der Waals surface area contributed by atoms with Crippen LogP contribution in [0.25, 0.3) is 6.08 Å². The summed E-state index contributed by atoms with van der Waals surface area (Å²) in [6.45, 7) is 0.378. The Kier molecular flexibility index (Phi) is 9.93. The number of aliphatic hydroxyl groups excluding tert-OH is 7. The summed E-state index contributed by atoms with van der Waals surface area (Å²) in [5, 5.41) is 72.4. The Balaban J connectivity index is 1.18. The van der Waals surface area contributed by atoms with Gasteiger partial charge in [-0.2, -0.15) is 0 Å². The van der Waals surface area contributed by atoms with E-state index in [1.165, 1.54) is 26.4 Å². The summed E-state index contributed by atoms with van der Waals surface area (Å²) in [6.07, 6.45) is -11.6. The average Bonchev–Trinajstić information content (AvgIpc) is 3.75. The van der Waals surface area contributed by atoms with Crippen molar-refractivity contribution in [3.8, 4) is 5.75 Å². The van der Waals surface area contributed by atoms with Gasteiger partial charge in [0.1, 0.15) is 54.1 Å². The average molecular weight is 669 g/mol. The van der Waals surface area contributed by atoms with Crippen LogP contribution >= 0.6 is 0 Å². The number of carbonyl (C=O) groups excluding carboxylic acids is 1. The topological polar surface area (TPSA) is 236 Å². The highest BCUT2D eigenvalue weighted by Gasteiger charge is 2.77. The molecule has 0 amide bonds. The van der Waals surface area contributed by atoms with Gasteiger partial charge in [-0.25, -0.2) is 4.79 Å². The molecule has 16 nitrogen and oxygen atoms in total. The summed E-state index contributed by atoms with van der Waals surface area (Å²) in [7, 11) is 1.53. The molecule has 0 radical (unpaired) electrons. The van der Waals surface area contributed by atoms with Gasteiger partial charge in [0.05, 0.1) is 44.7 Å². The summed E-state index contributed by atoms with van der Waals surface area (Å²) >= 11 is 0. The maximum absolute atomic E-state index is 12.8. The number of ether oxygens (including phenoxy) is 8. The van der Waals surface area contributed by atoms with E-state index in [1.807, 2.05) is 0 Å². The van der Waals surface area contributed by atoms with Crippen LogP contribution in [0.2, 0.25) is 0 Å². The van der Waals surface area contributed by atoms with Gasteiger partial charge in [0.25, 0.3) is 0 Å². The van der Waals surface area contributed by atoms with Gasteiger partial charge in [-0.1, -0.05) is 12.1 Å². The zero-order valence-electron chi connectivity index (χ0n) is 25.5. The fourth-order valence-corrected chi connectivity index (χ4v) is 6.76. The smallest absolute Gasteiger partial charge is 0.331 e. The number of epoxide rings is 1. The second-order valence-electron chi connectivity index (χ2n) is 12.2. The van der Waals surface area contributed by atoms with Crippen molar-refractivity contribution in [2.45, 2.75) is 92.4 Å². The van der Waals surface area contributed by atoms with Gasteiger partial charge in [0, 0.05) is 12.0 Å². The van der Waals surface area contributed by atoms with Gasteiger partial charge < -0.3 is 73.6 Å². The van der Waals surface area contributed by atoms with Crippen molar-refractivity contribution in [3.63, 3.8) is 0 Å². The van der Waals surface area contributed by atoms with Crippen LogP contribution in [-0.4, -0.2) is 148 Å². The van der Waals surface area contributed by atoms with Crippen LogP contribution < -0.4 is 4.74 Å². The van der Waals surface area contributed by atoms with Crippen molar-refractivity contribution < 1.29 is 78.4 Å². The maximum atomic E-state index is 12.8. The van der Waals surface area contributed by atoms with E-state index in [-0.39, 0.29) is 0 Å². The zero-order valence-corrected chi connectivity index (χ0v) is 25.5. The first-order valence-electron chi connectivity index (χ1n) is 15.3. The Bertz CT molecular complexity index is 1300. The van der Waals surface area contributed by atoms with Gasteiger partial charge in [-0.05, 0) is 36.8 Å². The van der Waals surface area contributed by atoms with E-state index in [4.69, 9.17) is 37.9 Å². The van der Waals surface area contributed by atoms with Crippen molar-refractivity contribution in [1.29, 1.82) is 0 Å². The number of hydrogen-bond donors (Lipinski definition) is 7. The van der Waals surface area contributed by atoms with Crippen LogP contribution in [-0.2, 0) is 38.0 Å². The molecular formula is C31H40O16. The first-order valence-corrected chi connectivity index (χ1v) is 15.3. The normalized spacial score (nSPS) is 45.6. The Hall–Kier alpha value is -2.71. The Labute approximate surface area is 269 Å². The highest BCUT2D eigenvalue weighted by atomic mass is 16.8. The minimum absolute atomic E-state index is 0.484. The molecule has 3 saturated heterocycles. The SMILES string of the molecule is COc1ccc(/C=C/C(=O)O[C@H]2[C@H](OC3C4O[C@]4(CO)[C@H]4C(O[C@@H]5O[C@H](CO)[C@@H](O)[C@H](O)[C@H]5O)OC=C[C@@H]34)O[C@@H](C)[C@H](O)[C@H]2O)cc1. The van der Waals surface area contributed by atoms with E-state index in [0.717, 1.165) is 6.08 Å². The predicted molar refractivity (Wildman–Crippen MR) is 154 cm³/mol. The molecular weight excluding hydrogens is 628 g/mol. The third-order valence-corrected chi connectivity index (χ3v) is 9.45. The number of fused-ring (bicyclic) bond motifs is 3. The fraction of sp³-hybridized carbons (Fsp3) is 0.645. The lowest BCUT2D eigenvalue weighted by Crippen LogP contribution is -2.61. The third kappa shape index (κ3) is 6.29. The van der Waals surface area contributed by atoms with Crippen molar-refractivity contribution >= 4 is 12.0 Å². The molecule has 5 aliphatic rings. The molecule has 1 saturated carbocycles.